The third kappa shape index (κ3) is 4.06. The number of nitriles is 1. The smallest absolute Gasteiger partial charge is 0.250 e. The molecular weight excluding hydrogens is 200 g/mol. The highest BCUT2D eigenvalue weighted by atomic mass is 16.3. The van der Waals surface area contributed by atoms with E-state index in [9.17, 15) is 14.7 Å². The molecule has 0 saturated heterocycles. The Morgan fingerprint density at radius 2 is 2.07 bits per heavy atom. The minimum Gasteiger partial charge on any atom is -0.396 e. The van der Waals surface area contributed by atoms with Gasteiger partial charge in [-0.15, -0.1) is 0 Å². The van der Waals surface area contributed by atoms with Crippen LogP contribution < -0.4 is 5.32 Å². The summed E-state index contributed by atoms with van der Waals surface area (Å²) in [7, 11) is 0. The molecule has 1 unspecified atom stereocenters. The molecule has 0 aliphatic heterocycles. The van der Waals surface area contributed by atoms with Crippen LogP contribution in [-0.2, 0) is 9.59 Å². The van der Waals surface area contributed by atoms with Crippen LogP contribution in [0.25, 0.3) is 0 Å². The number of nitrogens with one attached hydrogen (secondary N) is 1. The number of hydrogen-bond acceptors (Lipinski definition) is 5. The van der Waals surface area contributed by atoms with E-state index in [1.165, 1.54) is 19.9 Å². The van der Waals surface area contributed by atoms with Crippen molar-refractivity contribution in [1.82, 2.24) is 5.32 Å². The van der Waals surface area contributed by atoms with Crippen LogP contribution in [0.1, 0.15) is 13.8 Å². The number of nitrogens with zero attached hydrogens (tertiary/aromatic N) is 1. The zero-order valence-electron chi connectivity index (χ0n) is 8.65. The Hall–Kier alpha value is -1.45. The summed E-state index contributed by atoms with van der Waals surface area (Å²) in [5.74, 6) is -1.57. The number of carbonyl (C=O) groups excluding carboxylic acids is 2. The number of aliphatic hydroxyl groups excluding tert-OH is 2. The maximum atomic E-state index is 11.2. The van der Waals surface area contributed by atoms with Crippen molar-refractivity contribution in [2.24, 2.45) is 5.41 Å². The van der Waals surface area contributed by atoms with E-state index in [0.717, 1.165) is 0 Å². The molecule has 0 bridgehead atoms. The molecule has 3 N–H and O–H groups in total. The second-order valence-corrected chi connectivity index (χ2v) is 3.80. The van der Waals surface area contributed by atoms with E-state index in [-0.39, 0.29) is 6.61 Å². The third-order valence-corrected chi connectivity index (χ3v) is 1.94. The van der Waals surface area contributed by atoms with Gasteiger partial charge in [0.2, 0.25) is 5.91 Å². The van der Waals surface area contributed by atoms with Gasteiger partial charge in [-0.05, 0) is 0 Å². The largest absolute Gasteiger partial charge is 0.396 e. The first-order chi connectivity index (χ1) is 6.85. The summed E-state index contributed by atoms with van der Waals surface area (Å²) in [5, 5.41) is 28.6. The minimum absolute atomic E-state index is 0.367. The molecule has 15 heavy (non-hydrogen) atoms. The topological polar surface area (TPSA) is 110 Å². The van der Waals surface area contributed by atoms with Crippen molar-refractivity contribution in [3.8, 4) is 6.07 Å². The molecule has 0 aromatic rings. The molecule has 84 valence electrons. The Bertz CT molecular complexity index is 293. The van der Waals surface area contributed by atoms with Crippen molar-refractivity contribution in [2.45, 2.75) is 20.0 Å². The fraction of sp³-hybridized carbons (Fsp3) is 0.667. The van der Waals surface area contributed by atoms with Crippen LogP contribution in [-0.4, -0.2) is 41.2 Å². The Balaban J connectivity index is 4.24. The molecule has 0 heterocycles. The van der Waals surface area contributed by atoms with E-state index in [2.05, 4.69) is 5.32 Å². The maximum absolute atomic E-state index is 11.2. The Morgan fingerprint density at radius 3 is 2.47 bits per heavy atom. The number of amides is 1. The van der Waals surface area contributed by atoms with Crippen LogP contribution in [0.4, 0.5) is 0 Å². The summed E-state index contributed by atoms with van der Waals surface area (Å²) in [4.78, 5) is 21.8. The average molecular weight is 214 g/mol. The van der Waals surface area contributed by atoms with Gasteiger partial charge in [0.25, 0.3) is 5.78 Å². The first-order valence-corrected chi connectivity index (χ1v) is 4.34. The fourth-order valence-corrected chi connectivity index (χ4v) is 0.745. The zero-order valence-corrected chi connectivity index (χ0v) is 8.65. The highest BCUT2D eigenvalue weighted by Gasteiger charge is 2.32. The van der Waals surface area contributed by atoms with E-state index in [1.54, 1.807) is 0 Å². The first-order valence-electron chi connectivity index (χ1n) is 4.34. The molecule has 0 rings (SSSR count). The van der Waals surface area contributed by atoms with E-state index in [1.807, 2.05) is 0 Å². The fourth-order valence-electron chi connectivity index (χ4n) is 0.745. The molecule has 0 spiro atoms. The lowest BCUT2D eigenvalue weighted by molar-refractivity contribution is -0.137. The first kappa shape index (κ1) is 13.5. The maximum Gasteiger partial charge on any atom is 0.250 e. The molecule has 1 amide bonds. The molecule has 6 nitrogen and oxygen atoms in total. The number of aliphatic hydroxyl groups is 2. The quantitative estimate of drug-likeness (QED) is 0.486. The van der Waals surface area contributed by atoms with Crippen molar-refractivity contribution < 1.29 is 19.8 Å². The number of rotatable bonds is 5. The molecule has 0 aromatic carbocycles. The van der Waals surface area contributed by atoms with Gasteiger partial charge in [0.15, 0.2) is 0 Å². The predicted molar refractivity (Wildman–Crippen MR) is 50.5 cm³/mol. The van der Waals surface area contributed by atoms with E-state index in [0.29, 0.717) is 0 Å². The van der Waals surface area contributed by atoms with Gasteiger partial charge in [-0.2, -0.15) is 5.26 Å². The molecule has 1 atom stereocenters. The van der Waals surface area contributed by atoms with Gasteiger partial charge >= 0.3 is 0 Å². The lowest BCUT2D eigenvalue weighted by Gasteiger charge is -2.26. The van der Waals surface area contributed by atoms with Crippen molar-refractivity contribution in [3.05, 3.63) is 0 Å². The summed E-state index contributed by atoms with van der Waals surface area (Å²) < 4.78 is 0. The van der Waals surface area contributed by atoms with Gasteiger partial charge in [-0.25, -0.2) is 0 Å². The standard InChI is InChI=1S/C9H14N2O4/c1-9(2,5-12)7(14)8(15)11-4-6(13)3-10/h7,12,14H,4-5H2,1-2H3,(H,11,15). The monoisotopic (exact) mass is 214 g/mol. The molecule has 0 aliphatic rings. The predicted octanol–water partition coefficient (Wildman–Crippen LogP) is -1.43. The Kier molecular flexibility index (Phi) is 4.91. The van der Waals surface area contributed by atoms with Crippen molar-refractivity contribution in [3.63, 3.8) is 0 Å². The van der Waals surface area contributed by atoms with Crippen LogP contribution in [0.2, 0.25) is 0 Å². The van der Waals surface area contributed by atoms with E-state index < -0.39 is 29.8 Å². The van der Waals surface area contributed by atoms with Crippen LogP contribution in [0.15, 0.2) is 0 Å². The van der Waals surface area contributed by atoms with Crippen LogP contribution in [0.5, 0.6) is 0 Å². The number of ketones is 1. The number of carbonyl (C=O) groups is 2. The van der Waals surface area contributed by atoms with Gasteiger partial charge in [-0.3, -0.25) is 9.59 Å². The van der Waals surface area contributed by atoms with Crippen molar-refractivity contribution in [1.29, 1.82) is 5.26 Å². The second kappa shape index (κ2) is 5.44. The number of Topliss-reactive ketones (excluding diaryl/α,β-unsaturated/α-hetero) is 1. The summed E-state index contributed by atoms with van der Waals surface area (Å²) in [5.41, 5.74) is -0.986. The lowest BCUT2D eigenvalue weighted by atomic mass is 9.87. The van der Waals surface area contributed by atoms with Gasteiger partial charge in [0.05, 0.1) is 13.2 Å². The highest BCUT2D eigenvalue weighted by Crippen LogP contribution is 2.19. The summed E-state index contributed by atoms with van der Waals surface area (Å²) in [6.45, 7) is 2.20. The van der Waals surface area contributed by atoms with Gasteiger partial charge in [0, 0.05) is 5.41 Å². The zero-order chi connectivity index (χ0) is 12.1. The molecular formula is C9H14N2O4. The van der Waals surface area contributed by atoms with Gasteiger partial charge < -0.3 is 15.5 Å². The molecule has 6 heteroatoms. The molecule has 0 aliphatic carbocycles. The molecule has 0 radical (unpaired) electrons. The average Bonchev–Trinajstić information content (AvgIpc) is 2.23. The highest BCUT2D eigenvalue weighted by molar-refractivity contribution is 5.97. The SMILES string of the molecule is CC(C)(CO)C(O)C(=O)NCC(=O)C#N. The van der Waals surface area contributed by atoms with E-state index in [4.69, 9.17) is 10.4 Å². The minimum atomic E-state index is -1.42. The molecule has 0 saturated carbocycles. The molecule has 0 aromatic heterocycles. The summed E-state index contributed by atoms with van der Waals surface area (Å²) in [6, 6.07) is 1.33. The Morgan fingerprint density at radius 1 is 1.53 bits per heavy atom. The van der Waals surface area contributed by atoms with Crippen molar-refractivity contribution in [2.75, 3.05) is 13.2 Å². The lowest BCUT2D eigenvalue weighted by Crippen LogP contribution is -2.46. The second-order valence-electron chi connectivity index (χ2n) is 3.80. The number of hydrogen-bond donors (Lipinski definition) is 3. The molecule has 0 fully saturated rings. The van der Waals surface area contributed by atoms with Crippen LogP contribution in [0.3, 0.4) is 0 Å². The summed E-state index contributed by atoms with van der Waals surface area (Å²) >= 11 is 0. The Labute approximate surface area is 87.5 Å². The third-order valence-electron chi connectivity index (χ3n) is 1.94. The van der Waals surface area contributed by atoms with Gasteiger partial charge in [-0.1, -0.05) is 13.8 Å². The summed E-state index contributed by atoms with van der Waals surface area (Å²) in [6.07, 6.45) is -1.42. The van der Waals surface area contributed by atoms with E-state index >= 15 is 0 Å². The normalized spacial score (nSPS) is 12.7. The van der Waals surface area contributed by atoms with Gasteiger partial charge in [0.1, 0.15) is 12.2 Å². The van der Waals surface area contributed by atoms with Crippen LogP contribution >= 0.6 is 0 Å². The van der Waals surface area contributed by atoms with Crippen LogP contribution in [0, 0.1) is 16.7 Å². The van der Waals surface area contributed by atoms with Crippen molar-refractivity contribution >= 4 is 11.7 Å².